The standard InChI is InChI=1S/C16H17FN2O2/c17-13-6-4-12(5-7-13)10-16(20)19-14-2-1-3-15(11-14)21-9-8-18/h1-7,11H,8-10,18H2,(H,19,20). The lowest BCUT2D eigenvalue weighted by Gasteiger charge is -2.08. The Morgan fingerprint density at radius 1 is 1.19 bits per heavy atom. The first kappa shape index (κ1) is 15.0. The maximum absolute atomic E-state index is 12.8. The van der Waals surface area contributed by atoms with Crippen molar-refractivity contribution < 1.29 is 13.9 Å². The highest BCUT2D eigenvalue weighted by Gasteiger charge is 2.05. The highest BCUT2D eigenvalue weighted by molar-refractivity contribution is 5.92. The second-order valence-corrected chi connectivity index (χ2v) is 4.52. The first-order valence-corrected chi connectivity index (χ1v) is 6.64. The molecule has 0 saturated heterocycles. The van der Waals surface area contributed by atoms with Crippen molar-refractivity contribution in [1.82, 2.24) is 0 Å². The van der Waals surface area contributed by atoms with Crippen LogP contribution in [0, 0.1) is 5.82 Å². The average Bonchev–Trinajstić information content (AvgIpc) is 2.48. The van der Waals surface area contributed by atoms with E-state index < -0.39 is 0 Å². The molecule has 2 rings (SSSR count). The summed E-state index contributed by atoms with van der Waals surface area (Å²) in [6, 6.07) is 13.0. The molecule has 0 atom stereocenters. The first-order valence-electron chi connectivity index (χ1n) is 6.64. The predicted octanol–water partition coefficient (Wildman–Crippen LogP) is 2.34. The predicted molar refractivity (Wildman–Crippen MR) is 79.7 cm³/mol. The first-order chi connectivity index (χ1) is 10.2. The molecule has 0 heterocycles. The summed E-state index contributed by atoms with van der Waals surface area (Å²) in [4.78, 5) is 11.9. The van der Waals surface area contributed by atoms with Crippen LogP contribution >= 0.6 is 0 Å². The summed E-state index contributed by atoms with van der Waals surface area (Å²) in [6.07, 6.45) is 0.189. The van der Waals surface area contributed by atoms with Crippen molar-refractivity contribution in [2.75, 3.05) is 18.5 Å². The van der Waals surface area contributed by atoms with Gasteiger partial charge >= 0.3 is 0 Å². The Bertz CT molecular complexity index is 599. The molecule has 0 bridgehead atoms. The molecule has 21 heavy (non-hydrogen) atoms. The van der Waals surface area contributed by atoms with Crippen LogP contribution in [0.3, 0.4) is 0 Å². The smallest absolute Gasteiger partial charge is 0.228 e. The van der Waals surface area contributed by atoms with E-state index in [1.54, 1.807) is 36.4 Å². The number of ether oxygens (including phenoxy) is 1. The fourth-order valence-electron chi connectivity index (χ4n) is 1.83. The highest BCUT2D eigenvalue weighted by atomic mass is 19.1. The van der Waals surface area contributed by atoms with Crippen LogP contribution in [-0.2, 0) is 11.2 Å². The molecule has 0 aliphatic heterocycles. The number of amides is 1. The van der Waals surface area contributed by atoms with Crippen molar-refractivity contribution in [3.63, 3.8) is 0 Å². The molecule has 5 heteroatoms. The average molecular weight is 288 g/mol. The van der Waals surface area contributed by atoms with E-state index in [-0.39, 0.29) is 18.1 Å². The minimum absolute atomic E-state index is 0.169. The summed E-state index contributed by atoms with van der Waals surface area (Å²) in [5.41, 5.74) is 6.77. The number of carbonyl (C=O) groups is 1. The van der Waals surface area contributed by atoms with Gasteiger partial charge in [0.1, 0.15) is 18.2 Å². The van der Waals surface area contributed by atoms with E-state index in [0.29, 0.717) is 24.6 Å². The molecule has 3 N–H and O–H groups in total. The van der Waals surface area contributed by atoms with E-state index in [1.807, 2.05) is 0 Å². The zero-order valence-corrected chi connectivity index (χ0v) is 11.5. The van der Waals surface area contributed by atoms with Gasteiger partial charge in [0.2, 0.25) is 5.91 Å². The molecule has 4 nitrogen and oxygen atoms in total. The quantitative estimate of drug-likeness (QED) is 0.857. The molecule has 0 saturated carbocycles. The van der Waals surface area contributed by atoms with Crippen LogP contribution in [0.2, 0.25) is 0 Å². The third-order valence-electron chi connectivity index (χ3n) is 2.78. The summed E-state index contributed by atoms with van der Waals surface area (Å²) < 4.78 is 18.2. The van der Waals surface area contributed by atoms with Crippen LogP contribution in [0.25, 0.3) is 0 Å². The minimum atomic E-state index is -0.316. The van der Waals surface area contributed by atoms with Gasteiger partial charge in [-0.2, -0.15) is 0 Å². The van der Waals surface area contributed by atoms with E-state index in [9.17, 15) is 9.18 Å². The van der Waals surface area contributed by atoms with Crippen LogP contribution in [0.1, 0.15) is 5.56 Å². The third kappa shape index (κ3) is 4.89. The van der Waals surface area contributed by atoms with Crippen molar-refractivity contribution in [3.8, 4) is 5.75 Å². The summed E-state index contributed by atoms with van der Waals surface area (Å²) in [6.45, 7) is 0.855. The molecule has 2 aromatic carbocycles. The van der Waals surface area contributed by atoms with Gasteiger partial charge in [0.15, 0.2) is 0 Å². The molecule has 0 radical (unpaired) electrons. The molecule has 0 spiro atoms. The van der Waals surface area contributed by atoms with Gasteiger partial charge in [-0.15, -0.1) is 0 Å². The topological polar surface area (TPSA) is 64.3 Å². The summed E-state index contributed by atoms with van der Waals surface area (Å²) in [5, 5.41) is 2.78. The molecule has 0 fully saturated rings. The molecule has 0 aliphatic carbocycles. The van der Waals surface area contributed by atoms with E-state index in [1.165, 1.54) is 12.1 Å². The van der Waals surface area contributed by atoms with Gasteiger partial charge in [0.05, 0.1) is 6.42 Å². The Kier molecular flexibility index (Phi) is 5.29. The molecule has 1 amide bonds. The number of nitrogens with one attached hydrogen (secondary N) is 1. The molecule has 0 aromatic heterocycles. The number of carbonyl (C=O) groups excluding carboxylic acids is 1. The molecule has 0 aliphatic rings. The van der Waals surface area contributed by atoms with Crippen LogP contribution in [0.5, 0.6) is 5.75 Å². The lowest BCUT2D eigenvalue weighted by molar-refractivity contribution is -0.115. The molecule has 110 valence electrons. The Morgan fingerprint density at radius 3 is 2.67 bits per heavy atom. The summed E-state index contributed by atoms with van der Waals surface area (Å²) in [7, 11) is 0. The van der Waals surface area contributed by atoms with Crippen LogP contribution < -0.4 is 15.8 Å². The van der Waals surface area contributed by atoms with Crippen LogP contribution in [0.15, 0.2) is 48.5 Å². The van der Waals surface area contributed by atoms with Gasteiger partial charge in [-0.1, -0.05) is 18.2 Å². The number of hydrogen-bond acceptors (Lipinski definition) is 3. The van der Waals surface area contributed by atoms with Crippen molar-refractivity contribution in [2.45, 2.75) is 6.42 Å². The van der Waals surface area contributed by atoms with E-state index in [4.69, 9.17) is 10.5 Å². The van der Waals surface area contributed by atoms with Crippen molar-refractivity contribution in [3.05, 3.63) is 59.9 Å². The van der Waals surface area contributed by atoms with Gasteiger partial charge in [0, 0.05) is 18.3 Å². The molecular formula is C16H17FN2O2. The second kappa shape index (κ2) is 7.40. The molecule has 2 aromatic rings. The zero-order valence-electron chi connectivity index (χ0n) is 11.5. The Balaban J connectivity index is 1.94. The van der Waals surface area contributed by atoms with Crippen LogP contribution in [-0.4, -0.2) is 19.1 Å². The largest absolute Gasteiger partial charge is 0.492 e. The van der Waals surface area contributed by atoms with E-state index in [0.717, 1.165) is 5.56 Å². The number of nitrogens with two attached hydrogens (primary N) is 1. The number of rotatable bonds is 6. The number of benzene rings is 2. The van der Waals surface area contributed by atoms with Crippen LogP contribution in [0.4, 0.5) is 10.1 Å². The van der Waals surface area contributed by atoms with E-state index >= 15 is 0 Å². The summed E-state index contributed by atoms with van der Waals surface area (Å²) in [5.74, 6) is 0.168. The number of anilines is 1. The number of halogens is 1. The van der Waals surface area contributed by atoms with Crippen molar-refractivity contribution in [2.24, 2.45) is 5.73 Å². The van der Waals surface area contributed by atoms with E-state index in [2.05, 4.69) is 5.32 Å². The fourth-order valence-corrected chi connectivity index (χ4v) is 1.83. The Hall–Kier alpha value is -2.40. The third-order valence-corrected chi connectivity index (χ3v) is 2.78. The van der Waals surface area contributed by atoms with Gasteiger partial charge < -0.3 is 15.8 Å². The van der Waals surface area contributed by atoms with Gasteiger partial charge in [0.25, 0.3) is 0 Å². The zero-order chi connectivity index (χ0) is 15.1. The minimum Gasteiger partial charge on any atom is -0.492 e. The number of hydrogen-bond donors (Lipinski definition) is 2. The maximum Gasteiger partial charge on any atom is 0.228 e. The second-order valence-electron chi connectivity index (χ2n) is 4.52. The van der Waals surface area contributed by atoms with Gasteiger partial charge in [-0.05, 0) is 29.8 Å². The lowest BCUT2D eigenvalue weighted by atomic mass is 10.1. The molecule has 0 unspecified atom stereocenters. The Morgan fingerprint density at radius 2 is 1.95 bits per heavy atom. The van der Waals surface area contributed by atoms with Crippen molar-refractivity contribution in [1.29, 1.82) is 0 Å². The normalized spacial score (nSPS) is 10.2. The lowest BCUT2D eigenvalue weighted by Crippen LogP contribution is -2.14. The Labute approximate surface area is 122 Å². The SMILES string of the molecule is NCCOc1cccc(NC(=O)Cc2ccc(F)cc2)c1. The van der Waals surface area contributed by atoms with Gasteiger partial charge in [-0.3, -0.25) is 4.79 Å². The van der Waals surface area contributed by atoms with Gasteiger partial charge in [-0.25, -0.2) is 4.39 Å². The monoisotopic (exact) mass is 288 g/mol. The fraction of sp³-hybridized carbons (Fsp3) is 0.188. The maximum atomic E-state index is 12.8. The highest BCUT2D eigenvalue weighted by Crippen LogP contribution is 2.17. The molecular weight excluding hydrogens is 271 g/mol. The van der Waals surface area contributed by atoms with Crippen molar-refractivity contribution >= 4 is 11.6 Å². The summed E-state index contributed by atoms with van der Waals surface area (Å²) >= 11 is 0.